The zero-order valence-electron chi connectivity index (χ0n) is 7.46. The number of hydrogen-bond donors (Lipinski definition) is 1. The minimum Gasteiger partial charge on any atom is -0.410 e. The maximum atomic E-state index is 12.2. The number of nitrogens with zero attached hydrogens (tertiary/aromatic N) is 3. The lowest BCUT2D eigenvalue weighted by Gasteiger charge is -2.07. The van der Waals surface area contributed by atoms with Gasteiger partial charge in [-0.25, -0.2) is 0 Å². The fourth-order valence-corrected chi connectivity index (χ4v) is 1.15. The summed E-state index contributed by atoms with van der Waals surface area (Å²) in [6, 6.07) is 2.04. The molecule has 0 atom stereocenters. The van der Waals surface area contributed by atoms with E-state index in [1.807, 2.05) is 0 Å². The molecule has 0 saturated heterocycles. The summed E-state index contributed by atoms with van der Waals surface area (Å²) in [5.74, 6) is 0. The second-order valence-electron chi connectivity index (χ2n) is 2.61. The summed E-state index contributed by atoms with van der Waals surface area (Å²) < 4.78 is 36.7. The number of alkyl halides is 3. The van der Waals surface area contributed by atoms with Crippen molar-refractivity contribution in [2.24, 2.45) is 5.16 Å². The van der Waals surface area contributed by atoms with E-state index in [2.05, 4.69) is 10.1 Å². The molecule has 84 valence electrons. The van der Waals surface area contributed by atoms with E-state index < -0.39 is 22.5 Å². The van der Waals surface area contributed by atoms with E-state index in [0.29, 0.717) is 12.3 Å². The van der Waals surface area contributed by atoms with E-state index in [4.69, 9.17) is 22.1 Å². The average Bonchev–Trinajstić information content (AvgIpc) is 2.20. The van der Waals surface area contributed by atoms with E-state index in [0.717, 1.165) is 0 Å². The molecule has 1 heterocycles. The number of rotatable bonds is 1. The lowest BCUT2D eigenvalue weighted by Crippen LogP contribution is -2.09. The summed E-state index contributed by atoms with van der Waals surface area (Å²) in [4.78, 5) is 3.32. The first-order chi connectivity index (χ1) is 7.40. The van der Waals surface area contributed by atoms with Crippen molar-refractivity contribution in [1.29, 1.82) is 5.26 Å². The second kappa shape index (κ2) is 4.37. The van der Waals surface area contributed by atoms with E-state index in [1.165, 1.54) is 6.07 Å². The molecule has 1 rings (SSSR count). The summed E-state index contributed by atoms with van der Waals surface area (Å²) in [7, 11) is 0. The molecule has 0 aliphatic heterocycles. The first-order valence-electron chi connectivity index (χ1n) is 3.75. The molecule has 1 N–H and O–H groups in total. The fourth-order valence-electron chi connectivity index (χ4n) is 0.890. The van der Waals surface area contributed by atoms with Gasteiger partial charge in [-0.2, -0.15) is 18.4 Å². The predicted molar refractivity (Wildman–Crippen MR) is 48.2 cm³/mol. The summed E-state index contributed by atoms with van der Waals surface area (Å²) in [6.07, 6.45) is -4.07. The van der Waals surface area contributed by atoms with Crippen LogP contribution in [0.1, 0.15) is 11.3 Å². The normalized spacial score (nSPS) is 12.3. The van der Waals surface area contributed by atoms with Crippen LogP contribution in [-0.2, 0) is 6.18 Å². The van der Waals surface area contributed by atoms with Gasteiger partial charge < -0.3 is 5.21 Å². The van der Waals surface area contributed by atoms with E-state index in [9.17, 15) is 13.2 Å². The molecule has 0 aliphatic rings. The molecule has 1 aromatic heterocycles. The van der Waals surface area contributed by atoms with Gasteiger partial charge in [0.2, 0.25) is 5.71 Å². The lowest BCUT2D eigenvalue weighted by atomic mass is 10.2. The van der Waals surface area contributed by atoms with Crippen LogP contribution < -0.4 is 0 Å². The van der Waals surface area contributed by atoms with Crippen molar-refractivity contribution in [3.63, 3.8) is 0 Å². The van der Waals surface area contributed by atoms with Crippen LogP contribution in [0, 0.1) is 11.3 Å². The smallest absolute Gasteiger partial charge is 0.410 e. The molecule has 0 spiro atoms. The van der Waals surface area contributed by atoms with Crippen LogP contribution in [0.25, 0.3) is 0 Å². The quantitative estimate of drug-likeness (QED) is 0.472. The summed E-state index contributed by atoms with van der Waals surface area (Å²) in [5.41, 5.74) is -1.91. The van der Waals surface area contributed by atoms with Gasteiger partial charge in [0.05, 0.1) is 10.6 Å². The Morgan fingerprint density at radius 1 is 1.56 bits per heavy atom. The Labute approximate surface area is 92.6 Å². The van der Waals surface area contributed by atoms with Crippen LogP contribution >= 0.6 is 11.6 Å². The molecule has 0 fully saturated rings. The standard InChI is InChI=1S/C8H3ClF3N3O/c9-5-1-4(8(10,11)12)3-14-7(5)6(2-13)15-16/h1,3,16H/b15-6+. The number of aromatic nitrogens is 1. The third kappa shape index (κ3) is 2.41. The Bertz CT molecular complexity index is 478. The van der Waals surface area contributed by atoms with Crippen molar-refractivity contribution in [3.8, 4) is 6.07 Å². The summed E-state index contributed by atoms with van der Waals surface area (Å²) in [6.45, 7) is 0. The highest BCUT2D eigenvalue weighted by Crippen LogP contribution is 2.31. The van der Waals surface area contributed by atoms with Gasteiger partial charge in [0, 0.05) is 6.20 Å². The van der Waals surface area contributed by atoms with Crippen molar-refractivity contribution >= 4 is 17.3 Å². The number of nitriles is 1. The van der Waals surface area contributed by atoms with Crippen LogP contribution in [0.2, 0.25) is 5.02 Å². The number of halogens is 4. The Hall–Kier alpha value is -1.81. The van der Waals surface area contributed by atoms with Gasteiger partial charge >= 0.3 is 6.18 Å². The topological polar surface area (TPSA) is 69.3 Å². The van der Waals surface area contributed by atoms with Crippen molar-refractivity contribution in [2.75, 3.05) is 0 Å². The average molecular weight is 250 g/mol. The van der Waals surface area contributed by atoms with Crippen LogP contribution in [0.15, 0.2) is 17.4 Å². The molecule has 16 heavy (non-hydrogen) atoms. The monoisotopic (exact) mass is 249 g/mol. The summed E-state index contributed by atoms with van der Waals surface area (Å²) >= 11 is 5.48. The van der Waals surface area contributed by atoms with Crippen molar-refractivity contribution in [2.45, 2.75) is 6.18 Å². The summed E-state index contributed by atoms with van der Waals surface area (Å²) in [5, 5.41) is 19.0. The fraction of sp³-hybridized carbons (Fsp3) is 0.125. The highest BCUT2D eigenvalue weighted by Gasteiger charge is 2.31. The van der Waals surface area contributed by atoms with Gasteiger partial charge in [-0.15, -0.1) is 0 Å². The van der Waals surface area contributed by atoms with Gasteiger partial charge in [-0.3, -0.25) is 4.98 Å². The minimum atomic E-state index is -4.57. The maximum absolute atomic E-state index is 12.2. The molecule has 0 radical (unpaired) electrons. The van der Waals surface area contributed by atoms with Gasteiger partial charge in [0.1, 0.15) is 11.8 Å². The van der Waals surface area contributed by atoms with Crippen LogP contribution in [0.3, 0.4) is 0 Å². The molecule has 0 unspecified atom stereocenters. The Balaban J connectivity index is 3.27. The molecule has 8 heteroatoms. The van der Waals surface area contributed by atoms with Crippen molar-refractivity contribution in [3.05, 3.63) is 28.5 Å². The molecule has 0 amide bonds. The SMILES string of the molecule is N#C/C(=N\O)c1ncc(C(F)(F)F)cc1Cl. The number of oxime groups is 1. The first kappa shape index (κ1) is 12.3. The highest BCUT2D eigenvalue weighted by atomic mass is 35.5. The van der Waals surface area contributed by atoms with Gasteiger partial charge in [0.15, 0.2) is 0 Å². The molecule has 1 aromatic rings. The van der Waals surface area contributed by atoms with E-state index in [-0.39, 0.29) is 5.69 Å². The third-order valence-corrected chi connectivity index (χ3v) is 1.89. The zero-order chi connectivity index (χ0) is 12.3. The Kier molecular flexibility index (Phi) is 3.34. The first-order valence-corrected chi connectivity index (χ1v) is 4.13. The van der Waals surface area contributed by atoms with E-state index in [1.54, 1.807) is 0 Å². The number of pyridine rings is 1. The maximum Gasteiger partial charge on any atom is 0.417 e. The van der Waals surface area contributed by atoms with Crippen LogP contribution in [-0.4, -0.2) is 15.9 Å². The molecule has 0 bridgehead atoms. The molecular formula is C8H3ClF3N3O. The molecule has 0 saturated carbocycles. The van der Waals surface area contributed by atoms with Gasteiger partial charge in [0.25, 0.3) is 0 Å². The Morgan fingerprint density at radius 3 is 2.56 bits per heavy atom. The molecular weight excluding hydrogens is 247 g/mol. The van der Waals surface area contributed by atoms with Gasteiger partial charge in [-0.05, 0) is 6.07 Å². The second-order valence-corrected chi connectivity index (χ2v) is 3.02. The van der Waals surface area contributed by atoms with E-state index >= 15 is 0 Å². The van der Waals surface area contributed by atoms with Crippen molar-refractivity contribution < 1.29 is 18.4 Å². The van der Waals surface area contributed by atoms with Gasteiger partial charge in [-0.1, -0.05) is 16.8 Å². The lowest BCUT2D eigenvalue weighted by molar-refractivity contribution is -0.137. The molecule has 4 nitrogen and oxygen atoms in total. The van der Waals surface area contributed by atoms with Crippen LogP contribution in [0.5, 0.6) is 0 Å². The zero-order valence-corrected chi connectivity index (χ0v) is 8.21. The molecule has 0 aliphatic carbocycles. The predicted octanol–water partition coefficient (Wildman–Crippen LogP) is 2.46. The molecule has 0 aromatic carbocycles. The Morgan fingerprint density at radius 2 is 2.19 bits per heavy atom. The largest absolute Gasteiger partial charge is 0.417 e. The number of hydrogen-bond acceptors (Lipinski definition) is 4. The van der Waals surface area contributed by atoms with Crippen molar-refractivity contribution in [1.82, 2.24) is 4.98 Å². The highest BCUT2D eigenvalue weighted by molar-refractivity contribution is 6.35. The minimum absolute atomic E-state index is 0.306. The third-order valence-electron chi connectivity index (χ3n) is 1.60. The van der Waals surface area contributed by atoms with Crippen LogP contribution in [0.4, 0.5) is 13.2 Å².